The lowest BCUT2D eigenvalue weighted by molar-refractivity contribution is -0.118. The van der Waals surface area contributed by atoms with E-state index in [1.54, 1.807) is 24.3 Å². The number of carbonyl (C=O) groups excluding carboxylic acids is 1. The second-order valence-electron chi connectivity index (χ2n) is 6.03. The Morgan fingerprint density at radius 2 is 1.50 bits per heavy atom. The van der Waals surface area contributed by atoms with Crippen molar-refractivity contribution in [3.8, 4) is 11.5 Å². The Hall–Kier alpha value is -4.00. The predicted octanol–water partition coefficient (Wildman–Crippen LogP) is 3.69. The van der Waals surface area contributed by atoms with Gasteiger partial charge in [-0.2, -0.15) is 0 Å². The number of nitrogens with one attached hydrogen (secondary N) is 1. The van der Waals surface area contributed by atoms with E-state index in [-0.39, 0.29) is 5.91 Å². The van der Waals surface area contributed by atoms with E-state index in [1.165, 1.54) is 11.0 Å². The summed E-state index contributed by atoms with van der Waals surface area (Å²) in [6.45, 7) is 0. The van der Waals surface area contributed by atoms with Crippen molar-refractivity contribution in [2.24, 2.45) is 0 Å². The van der Waals surface area contributed by atoms with Crippen LogP contribution in [0, 0.1) is 0 Å². The second-order valence-corrected chi connectivity index (χ2v) is 6.03. The summed E-state index contributed by atoms with van der Waals surface area (Å²) in [6.07, 6.45) is 1.42. The summed E-state index contributed by atoms with van der Waals surface area (Å²) in [5.41, 5.74) is 1.44. The monoisotopic (exact) mass is 371 g/mol. The summed E-state index contributed by atoms with van der Waals surface area (Å²) in [7, 11) is 0. The van der Waals surface area contributed by atoms with E-state index < -0.39 is 6.04 Å². The van der Waals surface area contributed by atoms with Crippen molar-refractivity contribution in [2.75, 3.05) is 5.32 Å². The third kappa shape index (κ3) is 4.04. The molecule has 3 aromatic carbocycles. The van der Waals surface area contributed by atoms with Crippen molar-refractivity contribution in [3.05, 3.63) is 96.8 Å². The first-order valence-electron chi connectivity index (χ1n) is 8.71. The molecule has 138 valence electrons. The summed E-state index contributed by atoms with van der Waals surface area (Å²) in [6, 6.07) is 25.4. The Kier molecular flexibility index (Phi) is 5.06. The normalized spacial score (nSPS) is 11.6. The molecule has 0 fully saturated rings. The molecule has 7 heteroatoms. The molecule has 0 bridgehead atoms. The molecule has 0 saturated carbocycles. The quantitative estimate of drug-likeness (QED) is 0.559. The summed E-state index contributed by atoms with van der Waals surface area (Å²) >= 11 is 0. The maximum Gasteiger partial charge on any atom is 0.253 e. The van der Waals surface area contributed by atoms with E-state index in [0.717, 1.165) is 11.3 Å². The number of nitrogens with zero attached hydrogens (tertiary/aromatic N) is 4. The lowest BCUT2D eigenvalue weighted by atomic mass is 10.1. The van der Waals surface area contributed by atoms with Gasteiger partial charge >= 0.3 is 0 Å². The van der Waals surface area contributed by atoms with Gasteiger partial charge in [0.2, 0.25) is 0 Å². The number of ether oxygens (including phenoxy) is 1. The average molecular weight is 371 g/mol. The fraction of sp³-hybridized carbons (Fsp3) is 0.0476. The van der Waals surface area contributed by atoms with Crippen molar-refractivity contribution in [1.82, 2.24) is 20.2 Å². The van der Waals surface area contributed by atoms with Gasteiger partial charge in [0.05, 0.1) is 0 Å². The summed E-state index contributed by atoms with van der Waals surface area (Å²) in [5, 5.41) is 14.1. The van der Waals surface area contributed by atoms with Gasteiger partial charge in [0.1, 0.15) is 17.8 Å². The third-order valence-electron chi connectivity index (χ3n) is 4.09. The van der Waals surface area contributed by atoms with Crippen LogP contribution in [0.25, 0.3) is 0 Å². The molecule has 0 unspecified atom stereocenters. The maximum absolute atomic E-state index is 12.9. The Morgan fingerprint density at radius 3 is 2.14 bits per heavy atom. The highest BCUT2D eigenvalue weighted by Gasteiger charge is 2.23. The van der Waals surface area contributed by atoms with Crippen LogP contribution in [0.3, 0.4) is 0 Å². The fourth-order valence-electron chi connectivity index (χ4n) is 2.79. The van der Waals surface area contributed by atoms with Gasteiger partial charge in [-0.05, 0) is 52.4 Å². The first kappa shape index (κ1) is 17.4. The first-order valence-corrected chi connectivity index (χ1v) is 8.71. The number of anilines is 1. The Bertz CT molecular complexity index is 1020. The van der Waals surface area contributed by atoms with E-state index in [0.29, 0.717) is 11.4 Å². The standard InChI is InChI=1S/C21H17N5O2/c27-21(20(26-15-22-24-25-26)16-7-3-1-4-8-16)23-17-11-13-19(14-12-17)28-18-9-5-2-6-10-18/h1-15,20H,(H,23,27)/t20-/m1/s1. The molecule has 0 aliphatic heterocycles. The minimum atomic E-state index is -0.670. The van der Waals surface area contributed by atoms with Crippen molar-refractivity contribution in [3.63, 3.8) is 0 Å². The third-order valence-corrected chi connectivity index (χ3v) is 4.09. The molecule has 7 nitrogen and oxygen atoms in total. The molecular formula is C21H17N5O2. The van der Waals surface area contributed by atoms with Crippen LogP contribution < -0.4 is 10.1 Å². The number of rotatable bonds is 6. The number of hydrogen-bond acceptors (Lipinski definition) is 5. The number of tetrazole rings is 1. The van der Waals surface area contributed by atoms with Gasteiger partial charge in [-0.3, -0.25) is 4.79 Å². The molecule has 0 spiro atoms. The molecule has 28 heavy (non-hydrogen) atoms. The van der Waals surface area contributed by atoms with Crippen LogP contribution >= 0.6 is 0 Å². The van der Waals surface area contributed by atoms with Crippen molar-refractivity contribution in [2.45, 2.75) is 6.04 Å². The number of carbonyl (C=O) groups is 1. The molecule has 1 aromatic heterocycles. The van der Waals surface area contributed by atoms with Crippen LogP contribution in [0.2, 0.25) is 0 Å². The van der Waals surface area contributed by atoms with Gasteiger partial charge in [-0.25, -0.2) is 4.68 Å². The summed E-state index contributed by atoms with van der Waals surface area (Å²) < 4.78 is 7.20. The highest BCUT2D eigenvalue weighted by atomic mass is 16.5. The van der Waals surface area contributed by atoms with Crippen LogP contribution in [0.5, 0.6) is 11.5 Å². The zero-order valence-electron chi connectivity index (χ0n) is 14.8. The molecule has 1 amide bonds. The van der Waals surface area contributed by atoms with Gasteiger partial charge in [-0.1, -0.05) is 48.5 Å². The van der Waals surface area contributed by atoms with Crippen molar-refractivity contribution in [1.29, 1.82) is 0 Å². The summed E-state index contributed by atoms with van der Waals surface area (Å²) in [4.78, 5) is 12.9. The molecule has 0 saturated heterocycles. The molecule has 4 rings (SSSR count). The minimum absolute atomic E-state index is 0.241. The Morgan fingerprint density at radius 1 is 0.857 bits per heavy atom. The maximum atomic E-state index is 12.9. The molecule has 0 aliphatic carbocycles. The highest BCUT2D eigenvalue weighted by Crippen LogP contribution is 2.24. The number of aromatic nitrogens is 4. The molecule has 1 atom stereocenters. The van der Waals surface area contributed by atoms with Crippen LogP contribution in [0.4, 0.5) is 5.69 Å². The van der Waals surface area contributed by atoms with Gasteiger partial charge in [-0.15, -0.1) is 5.10 Å². The molecule has 0 radical (unpaired) electrons. The molecule has 0 aliphatic rings. The van der Waals surface area contributed by atoms with E-state index in [2.05, 4.69) is 20.8 Å². The Balaban J connectivity index is 1.50. The predicted molar refractivity (Wildman–Crippen MR) is 104 cm³/mol. The van der Waals surface area contributed by atoms with Crippen LogP contribution in [-0.4, -0.2) is 26.1 Å². The summed E-state index contributed by atoms with van der Waals surface area (Å²) in [5.74, 6) is 1.20. The number of benzene rings is 3. The zero-order valence-corrected chi connectivity index (χ0v) is 14.8. The van der Waals surface area contributed by atoms with Crippen LogP contribution in [-0.2, 0) is 4.79 Å². The van der Waals surface area contributed by atoms with Crippen LogP contribution in [0.15, 0.2) is 91.3 Å². The van der Waals surface area contributed by atoms with E-state index in [9.17, 15) is 4.79 Å². The molecule has 4 aromatic rings. The van der Waals surface area contributed by atoms with Gasteiger partial charge < -0.3 is 10.1 Å². The largest absolute Gasteiger partial charge is 0.457 e. The fourth-order valence-corrected chi connectivity index (χ4v) is 2.79. The highest BCUT2D eigenvalue weighted by molar-refractivity contribution is 5.95. The smallest absolute Gasteiger partial charge is 0.253 e. The first-order chi connectivity index (χ1) is 13.8. The SMILES string of the molecule is O=C(Nc1ccc(Oc2ccccc2)cc1)[C@@H](c1ccccc1)n1cnnn1. The molecule has 1 heterocycles. The Labute approximate surface area is 161 Å². The van der Waals surface area contributed by atoms with Gasteiger partial charge in [0.25, 0.3) is 5.91 Å². The average Bonchev–Trinajstić information content (AvgIpc) is 3.25. The lowest BCUT2D eigenvalue weighted by Crippen LogP contribution is -2.27. The molecule has 1 N–H and O–H groups in total. The topological polar surface area (TPSA) is 81.9 Å². The van der Waals surface area contributed by atoms with Crippen molar-refractivity contribution >= 4 is 11.6 Å². The lowest BCUT2D eigenvalue weighted by Gasteiger charge is -2.17. The van der Waals surface area contributed by atoms with Crippen molar-refractivity contribution < 1.29 is 9.53 Å². The van der Waals surface area contributed by atoms with E-state index in [4.69, 9.17) is 4.74 Å². The van der Waals surface area contributed by atoms with Gasteiger partial charge in [0, 0.05) is 5.69 Å². The zero-order chi connectivity index (χ0) is 19.2. The van der Waals surface area contributed by atoms with E-state index >= 15 is 0 Å². The van der Waals surface area contributed by atoms with Gasteiger partial charge in [0.15, 0.2) is 6.04 Å². The number of hydrogen-bond donors (Lipinski definition) is 1. The second kappa shape index (κ2) is 8.13. The minimum Gasteiger partial charge on any atom is -0.457 e. The number of amides is 1. The molecular weight excluding hydrogens is 354 g/mol. The van der Waals surface area contributed by atoms with Crippen LogP contribution in [0.1, 0.15) is 11.6 Å². The van der Waals surface area contributed by atoms with E-state index in [1.807, 2.05) is 60.7 Å². The number of para-hydroxylation sites is 1.